The zero-order valence-corrected chi connectivity index (χ0v) is 8.98. The first-order valence-corrected chi connectivity index (χ1v) is 5.44. The Labute approximate surface area is 88.5 Å². The molecule has 0 aliphatic rings. The highest BCUT2D eigenvalue weighted by molar-refractivity contribution is 7.66. The van der Waals surface area contributed by atoms with Gasteiger partial charge in [-0.05, 0) is 18.6 Å². The van der Waals surface area contributed by atoms with Crippen LogP contribution in [0.1, 0.15) is 12.6 Å². The lowest BCUT2D eigenvalue weighted by Gasteiger charge is -1.85. The van der Waals surface area contributed by atoms with E-state index in [1.807, 2.05) is 24.3 Å². The molecule has 0 radical (unpaired) electrons. The second-order valence-electron chi connectivity index (χ2n) is 2.72. The van der Waals surface area contributed by atoms with Crippen LogP contribution in [0.5, 0.6) is 0 Å². The average molecular weight is 229 g/mol. The number of fused-ring (bicyclic) bond motifs is 1. The van der Waals surface area contributed by atoms with Crippen LogP contribution >= 0.6 is 0 Å². The van der Waals surface area contributed by atoms with Gasteiger partial charge in [-0.1, -0.05) is 24.2 Å². The number of para-hydroxylation sites is 1. The molecule has 1 aromatic carbocycles. The minimum absolute atomic E-state index is 0.879. The molecule has 0 amide bonds. The maximum atomic E-state index is 8.59. The third-order valence-corrected chi connectivity index (χ3v) is 1.79. The number of nitrogens with zero attached hydrogens (tertiary/aromatic N) is 1. The topological polar surface area (TPSA) is 80.4 Å². The molecular formula is C9H11NO4S. The number of hydrogen-bond donors (Lipinski definition) is 2. The molecule has 5 nitrogen and oxygen atoms in total. The number of aryl methyl sites for hydroxylation is 1. The Morgan fingerprint density at radius 1 is 1.40 bits per heavy atom. The summed E-state index contributed by atoms with van der Waals surface area (Å²) in [5.41, 5.74) is 1.92. The van der Waals surface area contributed by atoms with Crippen LogP contribution in [0, 0.1) is 0 Å². The third-order valence-electron chi connectivity index (χ3n) is 1.79. The maximum Gasteiger partial charge on any atom is 0.254 e. The van der Waals surface area contributed by atoms with E-state index in [-0.39, 0.29) is 0 Å². The summed E-state index contributed by atoms with van der Waals surface area (Å²) >= 11 is 0. The van der Waals surface area contributed by atoms with Crippen LogP contribution in [-0.4, -0.2) is 18.1 Å². The molecule has 15 heavy (non-hydrogen) atoms. The van der Waals surface area contributed by atoms with Gasteiger partial charge in [-0.25, -0.2) is 8.42 Å². The largest absolute Gasteiger partial charge is 0.356 e. The Morgan fingerprint density at radius 2 is 2.00 bits per heavy atom. The van der Waals surface area contributed by atoms with Crippen molar-refractivity contribution in [2.45, 2.75) is 13.3 Å². The van der Waals surface area contributed by atoms with Crippen molar-refractivity contribution in [1.29, 1.82) is 0 Å². The molecule has 1 aromatic heterocycles. The highest BCUT2D eigenvalue weighted by Gasteiger charge is 2.02. The molecule has 2 aromatic rings. The van der Waals surface area contributed by atoms with E-state index < -0.39 is 11.0 Å². The van der Waals surface area contributed by atoms with Crippen LogP contribution < -0.4 is 0 Å². The van der Waals surface area contributed by atoms with Gasteiger partial charge in [-0.3, -0.25) is 4.55 Å². The first-order chi connectivity index (χ1) is 7.15. The van der Waals surface area contributed by atoms with Crippen LogP contribution in [-0.2, 0) is 17.4 Å². The fourth-order valence-corrected chi connectivity index (χ4v) is 1.19. The number of rotatable bonds is 1. The number of hydrogen-bond acceptors (Lipinski definition) is 4. The lowest BCUT2D eigenvalue weighted by molar-refractivity contribution is 0.447. The molecule has 0 spiro atoms. The molecule has 0 fully saturated rings. The Kier molecular flexibility index (Phi) is 4.26. The van der Waals surface area contributed by atoms with Gasteiger partial charge in [-0.15, -0.1) is 0 Å². The van der Waals surface area contributed by atoms with Crippen molar-refractivity contribution in [3.63, 3.8) is 0 Å². The van der Waals surface area contributed by atoms with E-state index in [9.17, 15) is 0 Å². The molecule has 2 rings (SSSR count). The second kappa shape index (κ2) is 5.47. The Balaban J connectivity index is 0.000000245. The van der Waals surface area contributed by atoms with Crippen molar-refractivity contribution in [2.24, 2.45) is 0 Å². The van der Waals surface area contributed by atoms with Gasteiger partial charge in [0, 0.05) is 5.39 Å². The lowest BCUT2D eigenvalue weighted by atomic mass is 10.2. The summed E-state index contributed by atoms with van der Waals surface area (Å²) in [4.78, 5) is 0. The Hall–Kier alpha value is -1.40. The standard InChI is InChI=1S/C9H9NO.H2O3S/c1-2-8-7-5-3-4-6-9(7)11-10-8;1-4(2)3/h3-6H,2H2,1H3;4H,(H,1,2,3). The van der Waals surface area contributed by atoms with Gasteiger partial charge in [0.15, 0.2) is 5.58 Å². The van der Waals surface area contributed by atoms with Crippen LogP contribution in [0.4, 0.5) is 0 Å². The van der Waals surface area contributed by atoms with E-state index in [0.717, 1.165) is 23.1 Å². The zero-order valence-electron chi connectivity index (χ0n) is 8.08. The fraction of sp³-hybridized carbons (Fsp3) is 0.222. The summed E-state index contributed by atoms with van der Waals surface area (Å²) in [6, 6.07) is 7.91. The van der Waals surface area contributed by atoms with E-state index >= 15 is 0 Å². The summed E-state index contributed by atoms with van der Waals surface area (Å²) in [5.74, 6) is 0. The second-order valence-corrected chi connectivity index (χ2v) is 3.19. The number of aromatic nitrogens is 1. The summed E-state index contributed by atoms with van der Waals surface area (Å²) in [6.07, 6.45) is 0.928. The number of thiol groups is 1. The minimum atomic E-state index is -3.12. The lowest BCUT2D eigenvalue weighted by Crippen LogP contribution is -1.77. The van der Waals surface area contributed by atoms with Gasteiger partial charge in [-0.2, -0.15) is 0 Å². The SMILES string of the molecule is CCc1noc2ccccc12.O=[SH](=O)O. The van der Waals surface area contributed by atoms with E-state index in [4.69, 9.17) is 17.5 Å². The zero-order chi connectivity index (χ0) is 11.3. The molecular weight excluding hydrogens is 218 g/mol. The third kappa shape index (κ3) is 3.34. The predicted octanol–water partition coefficient (Wildman–Crippen LogP) is 1.46. The van der Waals surface area contributed by atoms with Crippen LogP contribution in [0.2, 0.25) is 0 Å². The summed E-state index contributed by atoms with van der Waals surface area (Å²) < 4.78 is 29.3. The summed E-state index contributed by atoms with van der Waals surface area (Å²) in [5, 5.41) is 5.07. The van der Waals surface area contributed by atoms with Gasteiger partial charge >= 0.3 is 0 Å². The maximum absolute atomic E-state index is 8.59. The van der Waals surface area contributed by atoms with Crippen molar-refractivity contribution in [3.05, 3.63) is 30.0 Å². The molecule has 0 aliphatic heterocycles. The van der Waals surface area contributed by atoms with Crippen molar-refractivity contribution in [3.8, 4) is 0 Å². The molecule has 82 valence electrons. The summed E-state index contributed by atoms with van der Waals surface area (Å²) in [7, 11) is -3.12. The van der Waals surface area contributed by atoms with Crippen molar-refractivity contribution in [2.75, 3.05) is 0 Å². The molecule has 0 unspecified atom stereocenters. The van der Waals surface area contributed by atoms with Gasteiger partial charge in [0.1, 0.15) is 0 Å². The van der Waals surface area contributed by atoms with Gasteiger partial charge < -0.3 is 4.52 Å². The molecule has 0 bridgehead atoms. The molecule has 1 heterocycles. The van der Waals surface area contributed by atoms with E-state index in [2.05, 4.69) is 12.1 Å². The van der Waals surface area contributed by atoms with Crippen LogP contribution in [0.15, 0.2) is 28.8 Å². The monoisotopic (exact) mass is 229 g/mol. The molecule has 0 atom stereocenters. The van der Waals surface area contributed by atoms with Gasteiger partial charge in [0.05, 0.1) is 5.69 Å². The van der Waals surface area contributed by atoms with E-state index in [0.29, 0.717) is 0 Å². The molecule has 0 aliphatic carbocycles. The summed E-state index contributed by atoms with van der Waals surface area (Å²) in [6.45, 7) is 2.07. The van der Waals surface area contributed by atoms with Crippen molar-refractivity contribution >= 4 is 22.0 Å². The quantitative estimate of drug-likeness (QED) is 0.571. The minimum Gasteiger partial charge on any atom is -0.356 e. The number of benzene rings is 1. The molecule has 0 saturated carbocycles. The first-order valence-electron chi connectivity index (χ1n) is 4.31. The van der Waals surface area contributed by atoms with Crippen LogP contribution in [0.3, 0.4) is 0 Å². The molecule has 6 heteroatoms. The highest BCUT2D eigenvalue weighted by atomic mass is 32.2. The molecule has 1 N–H and O–H groups in total. The van der Waals surface area contributed by atoms with Crippen molar-refractivity contribution in [1.82, 2.24) is 5.16 Å². The fourth-order valence-electron chi connectivity index (χ4n) is 1.19. The Morgan fingerprint density at radius 3 is 2.60 bits per heavy atom. The van der Waals surface area contributed by atoms with Crippen molar-refractivity contribution < 1.29 is 17.5 Å². The Bertz CT molecular complexity index is 496. The van der Waals surface area contributed by atoms with Gasteiger partial charge in [0.25, 0.3) is 11.0 Å². The van der Waals surface area contributed by atoms with E-state index in [1.165, 1.54) is 0 Å². The van der Waals surface area contributed by atoms with Gasteiger partial charge in [0.2, 0.25) is 0 Å². The first kappa shape index (κ1) is 11.7. The predicted molar refractivity (Wildman–Crippen MR) is 56.3 cm³/mol. The highest BCUT2D eigenvalue weighted by Crippen LogP contribution is 2.17. The average Bonchev–Trinajstić information content (AvgIpc) is 2.59. The van der Waals surface area contributed by atoms with Crippen LogP contribution in [0.25, 0.3) is 11.0 Å². The normalized spacial score (nSPS) is 10.1. The smallest absolute Gasteiger partial charge is 0.254 e. The molecule has 0 saturated heterocycles. The van der Waals surface area contributed by atoms with E-state index in [1.54, 1.807) is 0 Å².